The predicted octanol–water partition coefficient (Wildman–Crippen LogP) is 2.26. The summed E-state index contributed by atoms with van der Waals surface area (Å²) in [4.78, 5) is 16.7. The molecule has 2 rings (SSSR count). The molecule has 0 atom stereocenters. The van der Waals surface area contributed by atoms with Crippen LogP contribution in [0.1, 0.15) is 0 Å². The van der Waals surface area contributed by atoms with Gasteiger partial charge in [0, 0.05) is 6.07 Å². The normalized spacial score (nSPS) is 10.2. The van der Waals surface area contributed by atoms with Gasteiger partial charge in [0.05, 0.1) is 0 Å². The van der Waals surface area contributed by atoms with Crippen molar-refractivity contribution in [2.75, 3.05) is 0 Å². The molecule has 0 bridgehead atoms. The van der Waals surface area contributed by atoms with Crippen LogP contribution in [-0.4, -0.2) is 20.0 Å². The number of rotatable bonds is 2. The maximum Gasteiger partial charge on any atom is 0.524 e. The molecule has 102 valence electrons. The summed E-state index contributed by atoms with van der Waals surface area (Å²) in [5.41, 5.74) is 0. The molecule has 2 aromatic carbocycles. The SMILES string of the molecule is O=P(O)(O)Oc1cccc(O)c1.Oc1ccccc1. The zero-order valence-corrected chi connectivity index (χ0v) is 10.6. The van der Waals surface area contributed by atoms with Crippen LogP contribution in [0.3, 0.4) is 0 Å². The number of phenolic OH excluding ortho intramolecular Hbond substituents is 2. The van der Waals surface area contributed by atoms with Crippen LogP contribution in [0.25, 0.3) is 0 Å². The Bertz CT molecular complexity index is 551. The minimum atomic E-state index is -4.52. The van der Waals surface area contributed by atoms with Gasteiger partial charge in [-0.3, -0.25) is 9.79 Å². The van der Waals surface area contributed by atoms with Crippen molar-refractivity contribution in [2.45, 2.75) is 0 Å². The van der Waals surface area contributed by atoms with Gasteiger partial charge in [-0.1, -0.05) is 24.3 Å². The molecule has 0 aliphatic heterocycles. The molecule has 19 heavy (non-hydrogen) atoms. The van der Waals surface area contributed by atoms with Crippen molar-refractivity contribution in [3.63, 3.8) is 0 Å². The Morgan fingerprint density at radius 2 is 1.42 bits per heavy atom. The summed E-state index contributed by atoms with van der Waals surface area (Å²) in [6.07, 6.45) is 0. The van der Waals surface area contributed by atoms with Crippen LogP contribution < -0.4 is 4.52 Å². The number of phosphoric acid groups is 1. The number of phosphoric ester groups is 1. The maximum absolute atomic E-state index is 10.3. The van der Waals surface area contributed by atoms with E-state index in [4.69, 9.17) is 20.0 Å². The van der Waals surface area contributed by atoms with Crippen LogP contribution in [0.5, 0.6) is 17.2 Å². The van der Waals surface area contributed by atoms with Crippen molar-refractivity contribution >= 4 is 7.82 Å². The summed E-state index contributed by atoms with van der Waals surface area (Å²) in [6, 6.07) is 13.9. The molecule has 0 radical (unpaired) electrons. The third-order valence-electron chi connectivity index (χ3n) is 1.80. The zero-order chi connectivity index (χ0) is 14.3. The predicted molar refractivity (Wildman–Crippen MR) is 68.9 cm³/mol. The van der Waals surface area contributed by atoms with Gasteiger partial charge in [0.2, 0.25) is 0 Å². The average Bonchev–Trinajstić information content (AvgIpc) is 2.28. The first-order valence-electron chi connectivity index (χ1n) is 5.15. The molecule has 0 amide bonds. The van der Waals surface area contributed by atoms with Crippen LogP contribution in [0.15, 0.2) is 54.6 Å². The second-order valence-electron chi connectivity index (χ2n) is 3.41. The second-order valence-corrected chi connectivity index (χ2v) is 4.58. The Labute approximate surface area is 109 Å². The van der Waals surface area contributed by atoms with E-state index >= 15 is 0 Å². The largest absolute Gasteiger partial charge is 0.524 e. The fraction of sp³-hybridized carbons (Fsp3) is 0. The molecule has 7 heteroatoms. The van der Waals surface area contributed by atoms with E-state index in [-0.39, 0.29) is 11.5 Å². The first kappa shape index (κ1) is 15.0. The summed E-state index contributed by atoms with van der Waals surface area (Å²) < 4.78 is 14.5. The molecule has 0 heterocycles. The molecule has 0 spiro atoms. The number of para-hydroxylation sites is 1. The van der Waals surface area contributed by atoms with Gasteiger partial charge in [-0.05, 0) is 24.3 Å². The molecule has 0 saturated carbocycles. The van der Waals surface area contributed by atoms with E-state index in [0.717, 1.165) is 6.07 Å². The number of aromatic hydroxyl groups is 2. The van der Waals surface area contributed by atoms with E-state index in [0.29, 0.717) is 5.75 Å². The Hall–Kier alpha value is -2.01. The Balaban J connectivity index is 0.000000218. The minimum Gasteiger partial charge on any atom is -0.508 e. The molecule has 0 unspecified atom stereocenters. The number of benzene rings is 2. The van der Waals surface area contributed by atoms with Crippen molar-refractivity contribution < 1.29 is 29.1 Å². The highest BCUT2D eigenvalue weighted by molar-refractivity contribution is 7.46. The van der Waals surface area contributed by atoms with E-state index in [1.54, 1.807) is 24.3 Å². The molecule has 0 aliphatic carbocycles. The average molecular weight is 284 g/mol. The van der Waals surface area contributed by atoms with E-state index < -0.39 is 7.82 Å². The Morgan fingerprint density at radius 1 is 0.842 bits per heavy atom. The van der Waals surface area contributed by atoms with E-state index in [2.05, 4.69) is 4.52 Å². The van der Waals surface area contributed by atoms with E-state index in [9.17, 15) is 4.57 Å². The van der Waals surface area contributed by atoms with Crippen molar-refractivity contribution in [3.05, 3.63) is 54.6 Å². The maximum atomic E-state index is 10.3. The summed E-state index contributed by atoms with van der Waals surface area (Å²) in [5, 5.41) is 17.5. The van der Waals surface area contributed by atoms with Gasteiger partial charge in [-0.25, -0.2) is 4.57 Å². The standard InChI is InChI=1S/C6H7O5P.C6H6O/c7-5-2-1-3-6(4-5)11-12(8,9)10;7-6-4-2-1-3-5-6/h1-4,7H,(H2,8,9,10);1-5,7H. The van der Waals surface area contributed by atoms with Crippen LogP contribution in [0.4, 0.5) is 0 Å². The quantitative estimate of drug-likeness (QED) is 0.630. The minimum absolute atomic E-state index is 0.0664. The first-order chi connectivity index (χ1) is 8.87. The zero-order valence-electron chi connectivity index (χ0n) is 9.75. The van der Waals surface area contributed by atoms with Gasteiger partial charge < -0.3 is 14.7 Å². The molecule has 2 aromatic rings. The molecule has 0 fully saturated rings. The third kappa shape index (κ3) is 7.10. The number of hydrogen-bond acceptors (Lipinski definition) is 4. The summed E-state index contributed by atoms with van der Waals surface area (Å²) in [7, 11) is -4.52. The lowest BCUT2D eigenvalue weighted by atomic mass is 10.3. The monoisotopic (exact) mass is 284 g/mol. The highest BCUT2D eigenvalue weighted by Gasteiger charge is 2.15. The Kier molecular flexibility index (Phi) is 5.38. The molecule has 6 nitrogen and oxygen atoms in total. The lowest BCUT2D eigenvalue weighted by molar-refractivity contribution is 0.283. The number of phenols is 2. The van der Waals surface area contributed by atoms with Crippen molar-refractivity contribution in [1.29, 1.82) is 0 Å². The van der Waals surface area contributed by atoms with Gasteiger partial charge in [-0.15, -0.1) is 0 Å². The van der Waals surface area contributed by atoms with Crippen LogP contribution in [-0.2, 0) is 4.57 Å². The highest BCUT2D eigenvalue weighted by Crippen LogP contribution is 2.38. The van der Waals surface area contributed by atoms with Crippen molar-refractivity contribution in [1.82, 2.24) is 0 Å². The van der Waals surface area contributed by atoms with Crippen LogP contribution in [0, 0.1) is 0 Å². The second kappa shape index (κ2) is 6.80. The topological polar surface area (TPSA) is 107 Å². The molecule has 0 saturated heterocycles. The van der Waals surface area contributed by atoms with Crippen molar-refractivity contribution in [3.8, 4) is 17.2 Å². The lowest BCUT2D eigenvalue weighted by Crippen LogP contribution is -1.89. The molecule has 4 N–H and O–H groups in total. The molecule has 0 aliphatic rings. The molecule has 0 aromatic heterocycles. The number of hydrogen-bond donors (Lipinski definition) is 4. The van der Waals surface area contributed by atoms with Crippen molar-refractivity contribution in [2.24, 2.45) is 0 Å². The van der Waals surface area contributed by atoms with E-state index in [1.807, 2.05) is 6.07 Å². The van der Waals surface area contributed by atoms with Crippen LogP contribution in [0.2, 0.25) is 0 Å². The van der Waals surface area contributed by atoms with Gasteiger partial charge in [0.25, 0.3) is 0 Å². The molecular formula is C12H13O6P. The van der Waals surface area contributed by atoms with Gasteiger partial charge in [0.1, 0.15) is 17.2 Å². The summed E-state index contributed by atoms with van der Waals surface area (Å²) in [6.45, 7) is 0. The fourth-order valence-electron chi connectivity index (χ4n) is 1.11. The summed E-state index contributed by atoms with van der Waals surface area (Å²) in [5.74, 6) is 0.145. The fourth-order valence-corrected chi connectivity index (χ4v) is 1.49. The van der Waals surface area contributed by atoms with Gasteiger partial charge in [0.15, 0.2) is 0 Å². The van der Waals surface area contributed by atoms with Gasteiger partial charge in [-0.2, -0.15) is 0 Å². The first-order valence-corrected chi connectivity index (χ1v) is 6.68. The lowest BCUT2D eigenvalue weighted by Gasteiger charge is -2.05. The smallest absolute Gasteiger partial charge is 0.508 e. The summed E-state index contributed by atoms with van der Waals surface area (Å²) >= 11 is 0. The van der Waals surface area contributed by atoms with E-state index in [1.165, 1.54) is 18.2 Å². The van der Waals surface area contributed by atoms with Crippen LogP contribution >= 0.6 is 7.82 Å². The molecular weight excluding hydrogens is 271 g/mol. The highest BCUT2D eigenvalue weighted by atomic mass is 31.2. The third-order valence-corrected chi connectivity index (χ3v) is 2.25. The Morgan fingerprint density at radius 3 is 1.84 bits per heavy atom. The van der Waals surface area contributed by atoms with Gasteiger partial charge >= 0.3 is 7.82 Å².